The van der Waals surface area contributed by atoms with Crippen molar-refractivity contribution >= 4 is 21.7 Å². The minimum atomic E-state index is 0.478. The molecule has 1 aromatic heterocycles. The monoisotopic (exact) mass is 369 g/mol. The Labute approximate surface area is 140 Å². The number of hydrogen-bond donors (Lipinski definition) is 1. The molecule has 1 N–H and O–H groups in total. The van der Waals surface area contributed by atoms with Crippen LogP contribution in [-0.2, 0) is 0 Å². The van der Waals surface area contributed by atoms with Gasteiger partial charge in [-0.3, -0.25) is 0 Å². The Morgan fingerprint density at radius 3 is 2.73 bits per heavy atom. The van der Waals surface area contributed by atoms with E-state index in [4.69, 9.17) is 4.74 Å². The van der Waals surface area contributed by atoms with Crippen LogP contribution in [0.3, 0.4) is 0 Å². The number of anilines is 1. The Morgan fingerprint density at radius 1 is 1.27 bits per heavy atom. The summed E-state index contributed by atoms with van der Waals surface area (Å²) in [6.45, 7) is 7.78. The molecule has 2 aliphatic heterocycles. The standard InChI is InChI=1S/C15H24BrN5O/c1-11-13(16)18-15(22-10-12-4-3-7-20(12)2)19-14(11)21-8-5-17-6-9-21/h12,17H,3-10H2,1-2H3. The summed E-state index contributed by atoms with van der Waals surface area (Å²) in [5.74, 6) is 0.984. The van der Waals surface area contributed by atoms with Crippen LogP contribution in [0.2, 0.25) is 0 Å². The van der Waals surface area contributed by atoms with E-state index in [1.165, 1.54) is 12.8 Å². The van der Waals surface area contributed by atoms with Gasteiger partial charge in [-0.05, 0) is 49.3 Å². The predicted molar refractivity (Wildman–Crippen MR) is 90.7 cm³/mol. The van der Waals surface area contributed by atoms with Gasteiger partial charge in [-0.25, -0.2) is 0 Å². The van der Waals surface area contributed by atoms with E-state index in [2.05, 4.69) is 55.0 Å². The van der Waals surface area contributed by atoms with Crippen LogP contribution in [0.5, 0.6) is 6.01 Å². The summed E-state index contributed by atoms with van der Waals surface area (Å²) in [6, 6.07) is 0.956. The van der Waals surface area contributed by atoms with Crippen LogP contribution >= 0.6 is 15.9 Å². The maximum Gasteiger partial charge on any atom is 0.319 e. The molecule has 122 valence electrons. The van der Waals surface area contributed by atoms with Gasteiger partial charge in [0.2, 0.25) is 0 Å². The van der Waals surface area contributed by atoms with Gasteiger partial charge in [0.05, 0.1) is 0 Å². The first-order valence-electron chi connectivity index (χ1n) is 7.98. The van der Waals surface area contributed by atoms with Crippen molar-refractivity contribution in [2.75, 3.05) is 51.3 Å². The number of hydrogen-bond acceptors (Lipinski definition) is 6. The number of nitrogens with one attached hydrogen (secondary N) is 1. The third kappa shape index (κ3) is 3.52. The molecule has 6 nitrogen and oxygen atoms in total. The molecule has 3 rings (SSSR count). The molecule has 0 spiro atoms. The lowest BCUT2D eigenvalue weighted by Crippen LogP contribution is -2.44. The third-order valence-corrected chi connectivity index (χ3v) is 5.31. The van der Waals surface area contributed by atoms with Crippen molar-refractivity contribution in [1.29, 1.82) is 0 Å². The normalized spacial score (nSPS) is 23.0. The predicted octanol–water partition coefficient (Wildman–Crippen LogP) is 1.43. The van der Waals surface area contributed by atoms with Crippen molar-refractivity contribution in [1.82, 2.24) is 20.2 Å². The van der Waals surface area contributed by atoms with Gasteiger partial charge < -0.3 is 19.9 Å². The van der Waals surface area contributed by atoms with Crippen molar-refractivity contribution < 1.29 is 4.74 Å². The minimum absolute atomic E-state index is 0.478. The molecular weight excluding hydrogens is 346 g/mol. The highest BCUT2D eigenvalue weighted by atomic mass is 79.9. The summed E-state index contributed by atoms with van der Waals surface area (Å²) in [5, 5.41) is 3.37. The SMILES string of the molecule is Cc1c(Br)nc(OCC2CCCN2C)nc1N1CCNCC1. The van der Waals surface area contributed by atoms with Gasteiger partial charge in [0.25, 0.3) is 0 Å². The first kappa shape index (κ1) is 16.0. The quantitative estimate of drug-likeness (QED) is 0.810. The zero-order chi connectivity index (χ0) is 15.5. The van der Waals surface area contributed by atoms with Crippen LogP contribution in [0.15, 0.2) is 4.60 Å². The highest BCUT2D eigenvalue weighted by molar-refractivity contribution is 9.10. The number of halogens is 1. The number of ether oxygens (including phenoxy) is 1. The van der Waals surface area contributed by atoms with Gasteiger partial charge in [-0.15, -0.1) is 0 Å². The minimum Gasteiger partial charge on any atom is -0.462 e. The molecule has 7 heteroatoms. The molecule has 1 aromatic rings. The summed E-state index contributed by atoms with van der Waals surface area (Å²) < 4.78 is 6.72. The van der Waals surface area contributed by atoms with Crippen LogP contribution in [0.25, 0.3) is 0 Å². The molecule has 0 aromatic carbocycles. The summed E-state index contributed by atoms with van der Waals surface area (Å²) >= 11 is 3.55. The fourth-order valence-electron chi connectivity index (χ4n) is 3.07. The molecule has 2 saturated heterocycles. The van der Waals surface area contributed by atoms with Crippen LogP contribution < -0.4 is 15.0 Å². The van der Waals surface area contributed by atoms with Gasteiger partial charge in [-0.1, -0.05) is 0 Å². The fraction of sp³-hybridized carbons (Fsp3) is 0.733. The van der Waals surface area contributed by atoms with Gasteiger partial charge >= 0.3 is 6.01 Å². The van der Waals surface area contributed by atoms with E-state index >= 15 is 0 Å². The Balaban J connectivity index is 1.72. The lowest BCUT2D eigenvalue weighted by atomic mass is 10.2. The van der Waals surface area contributed by atoms with E-state index in [0.29, 0.717) is 18.7 Å². The summed E-state index contributed by atoms with van der Waals surface area (Å²) in [4.78, 5) is 13.7. The molecule has 2 fully saturated rings. The molecule has 3 heterocycles. The van der Waals surface area contributed by atoms with Crippen LogP contribution in [-0.4, -0.2) is 67.3 Å². The Kier molecular flexibility index (Phi) is 5.15. The number of likely N-dealkylation sites (tertiary alicyclic amines) is 1. The fourth-order valence-corrected chi connectivity index (χ4v) is 3.40. The van der Waals surface area contributed by atoms with Crippen molar-refractivity contribution in [3.63, 3.8) is 0 Å². The maximum absolute atomic E-state index is 5.89. The number of nitrogens with zero attached hydrogens (tertiary/aromatic N) is 4. The zero-order valence-corrected chi connectivity index (χ0v) is 14.9. The largest absolute Gasteiger partial charge is 0.462 e. The lowest BCUT2D eigenvalue weighted by molar-refractivity contribution is 0.187. The van der Waals surface area contributed by atoms with E-state index in [9.17, 15) is 0 Å². The van der Waals surface area contributed by atoms with E-state index in [1.807, 2.05) is 0 Å². The summed E-state index contributed by atoms with van der Waals surface area (Å²) in [6.07, 6.45) is 2.43. The Hall–Kier alpha value is -0.920. The van der Waals surface area contributed by atoms with E-state index in [0.717, 1.165) is 48.7 Å². The Morgan fingerprint density at radius 2 is 2.05 bits per heavy atom. The highest BCUT2D eigenvalue weighted by Crippen LogP contribution is 2.27. The van der Waals surface area contributed by atoms with E-state index in [-0.39, 0.29) is 0 Å². The Bertz CT molecular complexity index is 521. The van der Waals surface area contributed by atoms with Gasteiger partial charge in [-0.2, -0.15) is 9.97 Å². The molecular formula is C15H24BrN5O. The molecule has 0 aliphatic carbocycles. The van der Waals surface area contributed by atoms with E-state index < -0.39 is 0 Å². The van der Waals surface area contributed by atoms with Crippen LogP contribution in [0, 0.1) is 6.92 Å². The van der Waals surface area contributed by atoms with Crippen LogP contribution in [0.1, 0.15) is 18.4 Å². The number of rotatable bonds is 4. The second kappa shape index (κ2) is 7.10. The van der Waals surface area contributed by atoms with Crippen molar-refractivity contribution in [3.05, 3.63) is 10.2 Å². The molecule has 1 unspecified atom stereocenters. The first-order valence-corrected chi connectivity index (χ1v) is 8.77. The van der Waals surface area contributed by atoms with Gasteiger partial charge in [0.15, 0.2) is 0 Å². The van der Waals surface area contributed by atoms with Crippen molar-refractivity contribution in [3.8, 4) is 6.01 Å². The van der Waals surface area contributed by atoms with Crippen molar-refractivity contribution in [2.45, 2.75) is 25.8 Å². The first-order chi connectivity index (χ1) is 10.6. The molecule has 0 bridgehead atoms. The average Bonchev–Trinajstić information content (AvgIpc) is 2.94. The maximum atomic E-state index is 5.89. The second-order valence-electron chi connectivity index (χ2n) is 6.07. The molecule has 0 saturated carbocycles. The smallest absolute Gasteiger partial charge is 0.319 e. The van der Waals surface area contributed by atoms with Gasteiger partial charge in [0, 0.05) is 37.8 Å². The third-order valence-electron chi connectivity index (χ3n) is 4.53. The van der Waals surface area contributed by atoms with Crippen LogP contribution in [0.4, 0.5) is 5.82 Å². The molecule has 1 atom stereocenters. The lowest BCUT2D eigenvalue weighted by Gasteiger charge is -2.30. The number of piperazine rings is 1. The second-order valence-corrected chi connectivity index (χ2v) is 6.82. The highest BCUT2D eigenvalue weighted by Gasteiger charge is 2.23. The van der Waals surface area contributed by atoms with E-state index in [1.54, 1.807) is 0 Å². The molecule has 0 amide bonds. The van der Waals surface area contributed by atoms with Crippen molar-refractivity contribution in [2.24, 2.45) is 0 Å². The molecule has 0 radical (unpaired) electrons. The average molecular weight is 370 g/mol. The van der Waals surface area contributed by atoms with Gasteiger partial charge in [0.1, 0.15) is 17.0 Å². The molecule has 22 heavy (non-hydrogen) atoms. The topological polar surface area (TPSA) is 53.5 Å². The number of likely N-dealkylation sites (N-methyl/N-ethyl adjacent to an activating group) is 1. The zero-order valence-electron chi connectivity index (χ0n) is 13.3. The molecule has 2 aliphatic rings. The summed E-state index contributed by atoms with van der Waals surface area (Å²) in [7, 11) is 2.15. The number of aromatic nitrogens is 2. The summed E-state index contributed by atoms with van der Waals surface area (Å²) in [5.41, 5.74) is 1.08.